The van der Waals surface area contributed by atoms with Gasteiger partial charge in [0.05, 0.1) is 14.2 Å². The van der Waals surface area contributed by atoms with Crippen LogP contribution in [0.1, 0.15) is 30.9 Å². The lowest BCUT2D eigenvalue weighted by Crippen LogP contribution is -2.07. The molecule has 0 spiro atoms. The number of hydrogen-bond acceptors (Lipinski definition) is 3. The third-order valence-electron chi connectivity index (χ3n) is 2.55. The largest absolute Gasteiger partial charge is 0.493 e. The average Bonchev–Trinajstić information content (AvgIpc) is 2.27. The van der Waals surface area contributed by atoms with Crippen LogP contribution in [-0.2, 0) is 6.54 Å². The van der Waals surface area contributed by atoms with E-state index in [1.165, 1.54) is 0 Å². The van der Waals surface area contributed by atoms with Crippen LogP contribution in [0, 0.1) is 0 Å². The zero-order valence-electron chi connectivity index (χ0n) is 10.1. The van der Waals surface area contributed by atoms with Crippen molar-refractivity contribution in [1.29, 1.82) is 0 Å². The van der Waals surface area contributed by atoms with Gasteiger partial charge in [0.2, 0.25) is 0 Å². The van der Waals surface area contributed by atoms with E-state index in [0.29, 0.717) is 17.3 Å². The van der Waals surface area contributed by atoms with Gasteiger partial charge in [-0.15, -0.1) is 0 Å². The van der Waals surface area contributed by atoms with Crippen molar-refractivity contribution in [3.63, 3.8) is 0 Å². The van der Waals surface area contributed by atoms with Gasteiger partial charge in [0, 0.05) is 23.2 Å². The second kappa shape index (κ2) is 5.41. The molecule has 1 aromatic carbocycles. The summed E-state index contributed by atoms with van der Waals surface area (Å²) in [6.07, 6.45) is 0. The van der Waals surface area contributed by atoms with Crippen molar-refractivity contribution >= 4 is 11.6 Å². The molecule has 0 aliphatic rings. The minimum absolute atomic E-state index is 0.279. The van der Waals surface area contributed by atoms with Crippen molar-refractivity contribution < 1.29 is 9.47 Å². The number of benzene rings is 1. The molecule has 0 heterocycles. The van der Waals surface area contributed by atoms with Crippen LogP contribution < -0.4 is 15.2 Å². The van der Waals surface area contributed by atoms with Crippen molar-refractivity contribution in [3.05, 3.63) is 22.2 Å². The Morgan fingerprint density at radius 3 is 2.31 bits per heavy atom. The zero-order valence-corrected chi connectivity index (χ0v) is 10.9. The SMILES string of the molecule is COc1cc(Cl)c(CN)c(C(C)C)c1OC. The van der Waals surface area contributed by atoms with Crippen LogP contribution >= 0.6 is 11.6 Å². The van der Waals surface area contributed by atoms with Crippen molar-refractivity contribution in [2.24, 2.45) is 5.73 Å². The van der Waals surface area contributed by atoms with E-state index in [9.17, 15) is 0 Å². The lowest BCUT2D eigenvalue weighted by molar-refractivity contribution is 0.350. The van der Waals surface area contributed by atoms with Crippen LogP contribution in [-0.4, -0.2) is 14.2 Å². The second-order valence-electron chi connectivity index (χ2n) is 3.84. The molecule has 0 radical (unpaired) electrons. The van der Waals surface area contributed by atoms with Gasteiger partial charge >= 0.3 is 0 Å². The molecule has 3 nitrogen and oxygen atoms in total. The van der Waals surface area contributed by atoms with Crippen LogP contribution in [0.25, 0.3) is 0 Å². The van der Waals surface area contributed by atoms with Crippen LogP contribution in [0.15, 0.2) is 6.07 Å². The molecule has 1 rings (SSSR count). The number of rotatable bonds is 4. The normalized spacial score (nSPS) is 10.7. The lowest BCUT2D eigenvalue weighted by Gasteiger charge is -2.20. The van der Waals surface area contributed by atoms with Crippen molar-refractivity contribution in [3.8, 4) is 11.5 Å². The fourth-order valence-corrected chi connectivity index (χ4v) is 2.12. The molecule has 90 valence electrons. The molecule has 0 atom stereocenters. The maximum absolute atomic E-state index is 6.17. The van der Waals surface area contributed by atoms with Gasteiger partial charge in [0.1, 0.15) is 0 Å². The molecule has 0 aromatic heterocycles. The maximum atomic E-state index is 6.17. The standard InChI is InChI=1S/C12H18ClNO2/c1-7(2)11-8(6-14)9(13)5-10(15-3)12(11)16-4/h5,7H,6,14H2,1-4H3. The van der Waals surface area contributed by atoms with Gasteiger partial charge in [0.15, 0.2) is 11.5 Å². The Kier molecular flexibility index (Phi) is 4.44. The molecule has 0 saturated heterocycles. The first-order chi connectivity index (χ1) is 7.56. The van der Waals surface area contributed by atoms with Gasteiger partial charge in [-0.3, -0.25) is 0 Å². The highest BCUT2D eigenvalue weighted by molar-refractivity contribution is 6.31. The Bertz CT molecular complexity index is 378. The van der Waals surface area contributed by atoms with Crippen molar-refractivity contribution in [1.82, 2.24) is 0 Å². The molecule has 0 aliphatic heterocycles. The number of methoxy groups -OCH3 is 2. The second-order valence-corrected chi connectivity index (χ2v) is 4.25. The van der Waals surface area contributed by atoms with Gasteiger partial charge in [-0.1, -0.05) is 25.4 Å². The van der Waals surface area contributed by atoms with E-state index in [2.05, 4.69) is 13.8 Å². The lowest BCUT2D eigenvalue weighted by atomic mass is 9.95. The number of nitrogens with two attached hydrogens (primary N) is 1. The van der Waals surface area contributed by atoms with Gasteiger partial charge in [0.25, 0.3) is 0 Å². The molecule has 0 fully saturated rings. The molecule has 0 unspecified atom stereocenters. The number of ether oxygens (including phenoxy) is 2. The van der Waals surface area contributed by atoms with Gasteiger partial charge in [-0.2, -0.15) is 0 Å². The van der Waals surface area contributed by atoms with E-state index in [-0.39, 0.29) is 5.92 Å². The predicted octanol–water partition coefficient (Wildman–Crippen LogP) is 2.94. The number of hydrogen-bond donors (Lipinski definition) is 1. The van der Waals surface area contributed by atoms with Gasteiger partial charge < -0.3 is 15.2 Å². The quantitative estimate of drug-likeness (QED) is 0.884. The summed E-state index contributed by atoms with van der Waals surface area (Å²) in [5.74, 6) is 1.65. The third kappa shape index (κ3) is 2.25. The van der Waals surface area contributed by atoms with Crippen molar-refractivity contribution in [2.75, 3.05) is 14.2 Å². The van der Waals surface area contributed by atoms with E-state index in [1.807, 2.05) is 0 Å². The summed E-state index contributed by atoms with van der Waals surface area (Å²) in [5, 5.41) is 0.629. The molecule has 4 heteroatoms. The van der Waals surface area contributed by atoms with Crippen molar-refractivity contribution in [2.45, 2.75) is 26.3 Å². The van der Waals surface area contributed by atoms with E-state index in [1.54, 1.807) is 20.3 Å². The first-order valence-electron chi connectivity index (χ1n) is 5.20. The first-order valence-corrected chi connectivity index (χ1v) is 5.57. The summed E-state index contributed by atoms with van der Waals surface area (Å²) in [7, 11) is 3.22. The summed E-state index contributed by atoms with van der Waals surface area (Å²) >= 11 is 6.17. The Balaban J connectivity index is 3.53. The van der Waals surface area contributed by atoms with E-state index in [4.69, 9.17) is 26.8 Å². The smallest absolute Gasteiger partial charge is 0.164 e. The summed E-state index contributed by atoms with van der Waals surface area (Å²) in [6, 6.07) is 1.74. The molecule has 0 bridgehead atoms. The third-order valence-corrected chi connectivity index (χ3v) is 2.88. The topological polar surface area (TPSA) is 44.5 Å². The van der Waals surface area contributed by atoms with E-state index < -0.39 is 0 Å². The fourth-order valence-electron chi connectivity index (χ4n) is 1.85. The van der Waals surface area contributed by atoms with Gasteiger partial charge in [-0.25, -0.2) is 0 Å². The summed E-state index contributed by atoms with van der Waals surface area (Å²) < 4.78 is 10.6. The van der Waals surface area contributed by atoms with Crippen LogP contribution in [0.5, 0.6) is 11.5 Å². The highest BCUT2D eigenvalue weighted by Crippen LogP contribution is 2.41. The Hall–Kier alpha value is -0.930. The number of halogens is 1. The van der Waals surface area contributed by atoms with E-state index in [0.717, 1.165) is 16.9 Å². The molecular weight excluding hydrogens is 226 g/mol. The fraction of sp³-hybridized carbons (Fsp3) is 0.500. The highest BCUT2D eigenvalue weighted by Gasteiger charge is 2.19. The first kappa shape index (κ1) is 13.1. The molecule has 16 heavy (non-hydrogen) atoms. The van der Waals surface area contributed by atoms with Crippen LogP contribution in [0.2, 0.25) is 5.02 Å². The average molecular weight is 244 g/mol. The molecule has 0 amide bonds. The Morgan fingerprint density at radius 2 is 1.94 bits per heavy atom. The maximum Gasteiger partial charge on any atom is 0.164 e. The van der Waals surface area contributed by atoms with Crippen LogP contribution in [0.4, 0.5) is 0 Å². The molecule has 2 N–H and O–H groups in total. The minimum Gasteiger partial charge on any atom is -0.493 e. The van der Waals surface area contributed by atoms with Crippen LogP contribution in [0.3, 0.4) is 0 Å². The Morgan fingerprint density at radius 1 is 1.31 bits per heavy atom. The highest BCUT2D eigenvalue weighted by atomic mass is 35.5. The monoisotopic (exact) mass is 243 g/mol. The molecular formula is C12H18ClNO2. The van der Waals surface area contributed by atoms with Gasteiger partial charge in [-0.05, 0) is 11.5 Å². The Labute approximate surface area is 101 Å². The summed E-state index contributed by atoms with van der Waals surface area (Å²) in [4.78, 5) is 0. The predicted molar refractivity (Wildman–Crippen MR) is 66.5 cm³/mol. The zero-order chi connectivity index (χ0) is 12.3. The molecule has 0 saturated carbocycles. The summed E-state index contributed by atoms with van der Waals surface area (Å²) in [5.41, 5.74) is 7.67. The van der Waals surface area contributed by atoms with E-state index >= 15 is 0 Å². The molecule has 0 aliphatic carbocycles. The summed E-state index contributed by atoms with van der Waals surface area (Å²) in [6.45, 7) is 4.55. The molecule has 1 aromatic rings. The minimum atomic E-state index is 0.279.